The third-order valence-electron chi connectivity index (χ3n) is 4.55. The van der Waals surface area contributed by atoms with Crippen LogP contribution in [0.3, 0.4) is 0 Å². The van der Waals surface area contributed by atoms with Crippen molar-refractivity contribution < 1.29 is 34.1 Å². The molecule has 1 fully saturated rings. The van der Waals surface area contributed by atoms with Crippen LogP contribution in [0, 0.1) is 0 Å². The molecule has 164 valence electrons. The number of carbonyl (C=O) groups excluding carboxylic acids is 2. The van der Waals surface area contributed by atoms with Crippen molar-refractivity contribution in [1.29, 1.82) is 0 Å². The highest BCUT2D eigenvalue weighted by Gasteiger charge is 2.37. The molecule has 1 rings (SSSR count). The van der Waals surface area contributed by atoms with E-state index in [-0.39, 0.29) is 11.9 Å². The van der Waals surface area contributed by atoms with Gasteiger partial charge in [0.1, 0.15) is 0 Å². The summed E-state index contributed by atoms with van der Waals surface area (Å²) in [5.41, 5.74) is 0. The van der Waals surface area contributed by atoms with Crippen LogP contribution in [0.25, 0.3) is 0 Å². The molecule has 0 spiro atoms. The topological polar surface area (TPSA) is 110 Å². The molecule has 0 radical (unpaired) electrons. The Morgan fingerprint density at radius 1 is 0.821 bits per heavy atom. The fourth-order valence-electron chi connectivity index (χ4n) is 2.75. The van der Waals surface area contributed by atoms with Gasteiger partial charge in [0.15, 0.2) is 18.3 Å². The van der Waals surface area contributed by atoms with Gasteiger partial charge in [-0.15, -0.1) is 0 Å². The smallest absolute Gasteiger partial charge is 0.348 e. The zero-order valence-electron chi connectivity index (χ0n) is 17.7. The largest absolute Gasteiger partial charge is 0.479 e. The minimum absolute atomic E-state index is 0.368. The van der Waals surface area contributed by atoms with Crippen molar-refractivity contribution in [3.63, 3.8) is 0 Å². The second-order valence-electron chi connectivity index (χ2n) is 7.19. The number of aliphatic hydroxyl groups excluding tert-OH is 1. The molecule has 1 heterocycles. The molecule has 0 bridgehead atoms. The first kappa shape index (κ1) is 26.4. The predicted molar refractivity (Wildman–Crippen MR) is 106 cm³/mol. The van der Waals surface area contributed by atoms with E-state index in [1.54, 1.807) is 0 Å². The standard InChI is InChI=1S/C14H24O4.C7H14O3/c1-3-5-7-9-11-13(15)18-12(14(16)17-11)10-8-6-4-2;1-2-3-4-5-6(8)7(9)10/h11-12H,3-10H2,1-2H3;6,8H,2-5H2,1H3,(H,9,10). The first-order valence-electron chi connectivity index (χ1n) is 10.7. The van der Waals surface area contributed by atoms with Crippen LogP contribution in [0.2, 0.25) is 0 Å². The Balaban J connectivity index is 0.000000621. The molecule has 1 aliphatic heterocycles. The Bertz CT molecular complexity index is 422. The number of carbonyl (C=O) groups is 3. The fraction of sp³-hybridized carbons (Fsp3) is 0.857. The number of unbranched alkanes of at least 4 members (excludes halogenated alkanes) is 6. The summed E-state index contributed by atoms with van der Waals surface area (Å²) in [5.74, 6) is -1.85. The molecule has 28 heavy (non-hydrogen) atoms. The lowest BCUT2D eigenvalue weighted by molar-refractivity contribution is -0.196. The molecule has 3 atom stereocenters. The molecule has 0 aromatic carbocycles. The number of esters is 2. The van der Waals surface area contributed by atoms with Crippen LogP contribution in [0.15, 0.2) is 0 Å². The van der Waals surface area contributed by atoms with E-state index in [9.17, 15) is 14.4 Å². The Hall–Kier alpha value is -1.63. The van der Waals surface area contributed by atoms with Gasteiger partial charge in [0.25, 0.3) is 0 Å². The zero-order chi connectivity index (χ0) is 21.4. The van der Waals surface area contributed by atoms with Crippen LogP contribution < -0.4 is 0 Å². The first-order valence-corrected chi connectivity index (χ1v) is 10.7. The number of carboxylic acids is 1. The predicted octanol–water partition coefficient (Wildman–Crippen LogP) is 4.00. The van der Waals surface area contributed by atoms with Crippen LogP contribution in [0.5, 0.6) is 0 Å². The average molecular weight is 403 g/mol. The minimum Gasteiger partial charge on any atom is -0.479 e. The molecule has 0 saturated carbocycles. The Labute approximate surface area is 168 Å². The van der Waals surface area contributed by atoms with Crippen LogP contribution in [-0.4, -0.2) is 46.4 Å². The van der Waals surface area contributed by atoms with E-state index in [0.717, 1.165) is 57.8 Å². The molecule has 7 heteroatoms. The number of hydrogen-bond donors (Lipinski definition) is 2. The lowest BCUT2D eigenvalue weighted by Crippen LogP contribution is -2.43. The van der Waals surface area contributed by atoms with Gasteiger partial charge in [-0.05, 0) is 32.1 Å². The van der Waals surface area contributed by atoms with E-state index in [1.165, 1.54) is 0 Å². The van der Waals surface area contributed by atoms with Crippen LogP contribution >= 0.6 is 0 Å². The van der Waals surface area contributed by atoms with Crippen molar-refractivity contribution in [1.82, 2.24) is 0 Å². The van der Waals surface area contributed by atoms with E-state index < -0.39 is 24.3 Å². The molecule has 3 unspecified atom stereocenters. The van der Waals surface area contributed by atoms with Crippen LogP contribution in [0.1, 0.15) is 97.8 Å². The molecule has 7 nitrogen and oxygen atoms in total. The molecule has 2 N–H and O–H groups in total. The van der Waals surface area contributed by atoms with E-state index >= 15 is 0 Å². The van der Waals surface area contributed by atoms with Crippen molar-refractivity contribution in [2.75, 3.05) is 0 Å². The highest BCUT2D eigenvalue weighted by Crippen LogP contribution is 2.19. The Morgan fingerprint density at radius 3 is 1.57 bits per heavy atom. The summed E-state index contributed by atoms with van der Waals surface area (Å²) in [7, 11) is 0. The van der Waals surface area contributed by atoms with Gasteiger partial charge in [0.05, 0.1) is 0 Å². The lowest BCUT2D eigenvalue weighted by Gasteiger charge is -2.27. The first-order chi connectivity index (χ1) is 13.4. The maximum Gasteiger partial charge on any atom is 0.348 e. The Morgan fingerprint density at radius 2 is 1.21 bits per heavy atom. The van der Waals surface area contributed by atoms with Gasteiger partial charge in [0, 0.05) is 0 Å². The maximum atomic E-state index is 11.7. The third kappa shape index (κ3) is 12.0. The van der Waals surface area contributed by atoms with Crippen molar-refractivity contribution >= 4 is 17.9 Å². The van der Waals surface area contributed by atoms with Gasteiger partial charge in [-0.3, -0.25) is 0 Å². The third-order valence-corrected chi connectivity index (χ3v) is 4.55. The number of aliphatic carboxylic acids is 1. The second kappa shape index (κ2) is 16.3. The minimum atomic E-state index is -1.16. The lowest BCUT2D eigenvalue weighted by atomic mass is 10.1. The van der Waals surface area contributed by atoms with Gasteiger partial charge in [-0.1, -0.05) is 65.7 Å². The van der Waals surface area contributed by atoms with Gasteiger partial charge < -0.3 is 19.7 Å². The monoisotopic (exact) mass is 402 g/mol. The number of aliphatic hydroxyl groups is 1. The van der Waals surface area contributed by atoms with E-state index in [0.29, 0.717) is 19.3 Å². The SMILES string of the molecule is CCCCCC(O)C(=O)O.CCCCCC1OC(=O)C(CCCCC)OC1=O. The highest BCUT2D eigenvalue weighted by molar-refractivity contribution is 5.87. The summed E-state index contributed by atoms with van der Waals surface area (Å²) >= 11 is 0. The van der Waals surface area contributed by atoms with Crippen LogP contribution in [0.4, 0.5) is 0 Å². The molecule has 0 aliphatic carbocycles. The average Bonchev–Trinajstić information content (AvgIpc) is 2.66. The summed E-state index contributed by atoms with van der Waals surface area (Å²) in [4.78, 5) is 33.4. The van der Waals surface area contributed by atoms with Crippen molar-refractivity contribution in [3.8, 4) is 0 Å². The maximum absolute atomic E-state index is 11.7. The molecule has 0 amide bonds. The fourth-order valence-corrected chi connectivity index (χ4v) is 2.75. The van der Waals surface area contributed by atoms with Crippen molar-refractivity contribution in [2.24, 2.45) is 0 Å². The van der Waals surface area contributed by atoms with Gasteiger partial charge in [-0.2, -0.15) is 0 Å². The highest BCUT2D eigenvalue weighted by atomic mass is 16.6. The molecule has 1 saturated heterocycles. The summed E-state index contributed by atoms with van der Waals surface area (Å²) in [6, 6.07) is 0. The number of carboxylic acid groups (broad SMARTS) is 1. The molecular formula is C21H38O7. The Kier molecular flexibility index (Phi) is 15.4. The van der Waals surface area contributed by atoms with E-state index in [1.807, 2.05) is 6.92 Å². The van der Waals surface area contributed by atoms with Crippen molar-refractivity contribution in [2.45, 2.75) is 116 Å². The molecular weight excluding hydrogens is 364 g/mol. The normalized spacial score (nSPS) is 19.9. The van der Waals surface area contributed by atoms with E-state index in [4.69, 9.17) is 19.7 Å². The van der Waals surface area contributed by atoms with E-state index in [2.05, 4.69) is 13.8 Å². The van der Waals surface area contributed by atoms with Crippen LogP contribution in [-0.2, 0) is 23.9 Å². The quantitative estimate of drug-likeness (QED) is 0.354. The van der Waals surface area contributed by atoms with Gasteiger partial charge in [-0.25, -0.2) is 14.4 Å². The van der Waals surface area contributed by atoms with Crippen molar-refractivity contribution in [3.05, 3.63) is 0 Å². The number of cyclic esters (lactones) is 2. The summed E-state index contributed by atoms with van der Waals surface area (Å²) in [5, 5.41) is 17.0. The second-order valence-corrected chi connectivity index (χ2v) is 7.19. The summed E-state index contributed by atoms with van der Waals surface area (Å²) < 4.78 is 10.4. The number of rotatable bonds is 13. The molecule has 1 aliphatic rings. The number of ether oxygens (including phenoxy) is 2. The molecule has 0 aromatic heterocycles. The number of hydrogen-bond acceptors (Lipinski definition) is 6. The zero-order valence-corrected chi connectivity index (χ0v) is 17.7. The molecule has 0 aromatic rings. The van der Waals surface area contributed by atoms with Gasteiger partial charge >= 0.3 is 17.9 Å². The summed E-state index contributed by atoms with van der Waals surface area (Å²) in [6.07, 6.45) is 7.90. The summed E-state index contributed by atoms with van der Waals surface area (Å²) in [6.45, 7) is 6.22. The van der Waals surface area contributed by atoms with Gasteiger partial charge in [0.2, 0.25) is 0 Å².